The SMILES string of the molecule is CCNC(=NCC(C)(O)c1cccs1)NCC(C)N1CCN(C)CC1.I. The van der Waals surface area contributed by atoms with Crippen molar-refractivity contribution in [3.05, 3.63) is 22.4 Å². The van der Waals surface area contributed by atoms with E-state index in [2.05, 4.69) is 46.3 Å². The van der Waals surface area contributed by atoms with E-state index in [9.17, 15) is 5.11 Å². The molecule has 2 rings (SSSR count). The molecule has 0 saturated carbocycles. The van der Waals surface area contributed by atoms with Crippen LogP contribution in [-0.2, 0) is 5.60 Å². The lowest BCUT2D eigenvalue weighted by Crippen LogP contribution is -2.52. The van der Waals surface area contributed by atoms with Crippen LogP contribution in [-0.4, -0.2) is 79.8 Å². The number of guanidine groups is 1. The third kappa shape index (κ3) is 7.30. The van der Waals surface area contributed by atoms with Gasteiger partial charge in [-0.3, -0.25) is 4.90 Å². The van der Waals surface area contributed by atoms with Gasteiger partial charge in [-0.15, -0.1) is 35.3 Å². The van der Waals surface area contributed by atoms with Gasteiger partial charge in [-0.2, -0.15) is 0 Å². The maximum atomic E-state index is 10.6. The monoisotopic (exact) mass is 495 g/mol. The number of aliphatic imine (C=N–C) groups is 1. The summed E-state index contributed by atoms with van der Waals surface area (Å²) < 4.78 is 0. The van der Waals surface area contributed by atoms with Gasteiger partial charge in [0.1, 0.15) is 5.60 Å². The molecule has 0 amide bonds. The van der Waals surface area contributed by atoms with E-state index in [1.165, 1.54) is 0 Å². The number of hydrogen-bond acceptors (Lipinski definition) is 5. The minimum atomic E-state index is -0.931. The highest BCUT2D eigenvalue weighted by molar-refractivity contribution is 14.0. The first-order valence-electron chi connectivity index (χ1n) is 9.13. The lowest BCUT2D eigenvalue weighted by molar-refractivity contribution is 0.0711. The molecule has 1 fully saturated rings. The molecule has 3 N–H and O–H groups in total. The number of nitrogens with zero attached hydrogens (tertiary/aromatic N) is 3. The van der Waals surface area contributed by atoms with E-state index in [4.69, 9.17) is 0 Å². The van der Waals surface area contributed by atoms with E-state index < -0.39 is 5.60 Å². The number of rotatable bonds is 7. The quantitative estimate of drug-likeness (QED) is 0.306. The summed E-state index contributed by atoms with van der Waals surface area (Å²) in [6.45, 7) is 12.6. The van der Waals surface area contributed by atoms with Crippen molar-refractivity contribution in [2.24, 2.45) is 4.99 Å². The Hall–Kier alpha value is -0.420. The average Bonchev–Trinajstić information content (AvgIpc) is 3.13. The fourth-order valence-electron chi connectivity index (χ4n) is 2.87. The molecule has 6 nitrogen and oxygen atoms in total. The van der Waals surface area contributed by atoms with Gasteiger partial charge in [0.05, 0.1) is 6.54 Å². The molecule has 2 atom stereocenters. The van der Waals surface area contributed by atoms with Gasteiger partial charge in [-0.25, -0.2) is 4.99 Å². The van der Waals surface area contributed by atoms with Crippen molar-refractivity contribution in [1.29, 1.82) is 0 Å². The molecule has 1 aliphatic rings. The molecule has 1 saturated heterocycles. The van der Waals surface area contributed by atoms with Crippen LogP contribution in [0, 0.1) is 0 Å². The summed E-state index contributed by atoms with van der Waals surface area (Å²) in [5, 5.41) is 19.3. The van der Waals surface area contributed by atoms with Crippen LogP contribution in [0.3, 0.4) is 0 Å². The zero-order chi connectivity index (χ0) is 18.3. The summed E-state index contributed by atoms with van der Waals surface area (Å²) in [6.07, 6.45) is 0. The van der Waals surface area contributed by atoms with E-state index in [0.29, 0.717) is 12.6 Å². The maximum absolute atomic E-state index is 10.6. The third-order valence-electron chi connectivity index (χ3n) is 4.67. The number of thiophene rings is 1. The Morgan fingerprint density at radius 3 is 2.62 bits per heavy atom. The van der Waals surface area contributed by atoms with Crippen molar-refractivity contribution in [2.45, 2.75) is 32.4 Å². The second-order valence-electron chi connectivity index (χ2n) is 7.02. The zero-order valence-corrected chi connectivity index (χ0v) is 19.5. The third-order valence-corrected chi connectivity index (χ3v) is 5.79. The Morgan fingerprint density at radius 1 is 1.35 bits per heavy atom. The van der Waals surface area contributed by atoms with Crippen molar-refractivity contribution < 1.29 is 5.11 Å². The molecule has 0 aliphatic carbocycles. The standard InChI is InChI=1S/C18H33N5OS.HI/c1-5-19-17(21-14-18(3,24)16-7-6-12-25-16)20-13-15(2)23-10-8-22(4)9-11-23;/h6-7,12,15,24H,5,8-11,13-14H2,1-4H3,(H2,19,20,21);1H. The van der Waals surface area contributed by atoms with E-state index in [1.54, 1.807) is 11.3 Å². The van der Waals surface area contributed by atoms with E-state index in [-0.39, 0.29) is 24.0 Å². The van der Waals surface area contributed by atoms with Crippen LogP contribution in [0.25, 0.3) is 0 Å². The van der Waals surface area contributed by atoms with Crippen molar-refractivity contribution in [3.8, 4) is 0 Å². The lowest BCUT2D eigenvalue weighted by Gasteiger charge is -2.36. The number of piperazine rings is 1. The van der Waals surface area contributed by atoms with Crippen LogP contribution >= 0.6 is 35.3 Å². The molecule has 0 bridgehead atoms. The lowest BCUT2D eigenvalue weighted by atomic mass is 10.1. The Kier molecular flexibility index (Phi) is 10.4. The van der Waals surface area contributed by atoms with Gasteiger partial charge in [0.2, 0.25) is 0 Å². The Balaban J connectivity index is 0.00000338. The molecule has 2 heterocycles. The summed E-state index contributed by atoms with van der Waals surface area (Å²) in [5.74, 6) is 0.764. The first kappa shape index (κ1) is 23.6. The van der Waals surface area contributed by atoms with Gasteiger partial charge in [0.15, 0.2) is 5.96 Å². The van der Waals surface area contributed by atoms with E-state index >= 15 is 0 Å². The van der Waals surface area contributed by atoms with Crippen LogP contribution in [0.4, 0.5) is 0 Å². The van der Waals surface area contributed by atoms with Gasteiger partial charge >= 0.3 is 0 Å². The predicted molar refractivity (Wildman–Crippen MR) is 122 cm³/mol. The zero-order valence-electron chi connectivity index (χ0n) is 16.4. The summed E-state index contributed by atoms with van der Waals surface area (Å²) in [5.41, 5.74) is -0.931. The molecule has 26 heavy (non-hydrogen) atoms. The van der Waals surface area contributed by atoms with Crippen LogP contribution in [0.15, 0.2) is 22.5 Å². The first-order valence-corrected chi connectivity index (χ1v) is 10.0. The second-order valence-corrected chi connectivity index (χ2v) is 7.96. The number of halogens is 1. The van der Waals surface area contributed by atoms with Crippen LogP contribution in [0.1, 0.15) is 25.6 Å². The van der Waals surface area contributed by atoms with Crippen LogP contribution in [0.2, 0.25) is 0 Å². The second kappa shape index (κ2) is 11.4. The first-order chi connectivity index (χ1) is 11.9. The van der Waals surface area contributed by atoms with E-state index in [0.717, 1.165) is 50.1 Å². The highest BCUT2D eigenvalue weighted by atomic mass is 127. The molecule has 1 aromatic heterocycles. The van der Waals surface area contributed by atoms with Gasteiger partial charge in [-0.05, 0) is 39.3 Å². The molecular formula is C18H34IN5OS. The van der Waals surface area contributed by atoms with E-state index in [1.807, 2.05) is 24.4 Å². The summed E-state index contributed by atoms with van der Waals surface area (Å²) in [4.78, 5) is 10.4. The predicted octanol–water partition coefficient (Wildman–Crippen LogP) is 1.76. The minimum absolute atomic E-state index is 0. The highest BCUT2D eigenvalue weighted by Gasteiger charge is 2.24. The topological polar surface area (TPSA) is 63.1 Å². The molecule has 8 heteroatoms. The Labute approximate surface area is 179 Å². The molecule has 1 aromatic rings. The maximum Gasteiger partial charge on any atom is 0.191 e. The fraction of sp³-hybridized carbons (Fsp3) is 0.722. The molecule has 1 aliphatic heterocycles. The number of nitrogens with one attached hydrogen (secondary N) is 2. The largest absolute Gasteiger partial charge is 0.383 e. The van der Waals surface area contributed by atoms with Gasteiger partial charge < -0.3 is 20.6 Å². The molecular weight excluding hydrogens is 461 g/mol. The number of likely N-dealkylation sites (N-methyl/N-ethyl adjacent to an activating group) is 1. The van der Waals surface area contributed by atoms with Crippen molar-refractivity contribution >= 4 is 41.3 Å². The minimum Gasteiger partial charge on any atom is -0.383 e. The van der Waals surface area contributed by atoms with Crippen LogP contribution in [0.5, 0.6) is 0 Å². The average molecular weight is 495 g/mol. The number of hydrogen-bond donors (Lipinski definition) is 3. The Morgan fingerprint density at radius 2 is 2.04 bits per heavy atom. The molecule has 150 valence electrons. The van der Waals surface area contributed by atoms with Crippen molar-refractivity contribution in [2.75, 3.05) is 52.9 Å². The Bertz CT molecular complexity index is 530. The molecule has 0 spiro atoms. The molecule has 2 unspecified atom stereocenters. The van der Waals surface area contributed by atoms with Crippen molar-refractivity contribution in [3.63, 3.8) is 0 Å². The van der Waals surface area contributed by atoms with Gasteiger partial charge in [0.25, 0.3) is 0 Å². The summed E-state index contributed by atoms with van der Waals surface area (Å²) in [7, 11) is 2.18. The summed E-state index contributed by atoms with van der Waals surface area (Å²) >= 11 is 1.56. The van der Waals surface area contributed by atoms with Crippen molar-refractivity contribution in [1.82, 2.24) is 20.4 Å². The normalized spacial score (nSPS) is 20.1. The fourth-order valence-corrected chi connectivity index (χ4v) is 3.65. The molecule has 0 aromatic carbocycles. The molecule has 0 radical (unpaired) electrons. The smallest absolute Gasteiger partial charge is 0.191 e. The summed E-state index contributed by atoms with van der Waals surface area (Å²) in [6, 6.07) is 4.37. The van der Waals surface area contributed by atoms with Gasteiger partial charge in [0, 0.05) is 50.2 Å². The van der Waals surface area contributed by atoms with Crippen LogP contribution < -0.4 is 10.6 Å². The number of aliphatic hydroxyl groups is 1. The van der Waals surface area contributed by atoms with Gasteiger partial charge in [-0.1, -0.05) is 6.07 Å². The highest BCUT2D eigenvalue weighted by Crippen LogP contribution is 2.25.